The van der Waals surface area contributed by atoms with Gasteiger partial charge in [0.1, 0.15) is 5.54 Å². The minimum atomic E-state index is -1.35. The largest absolute Gasteiger partial charge is 0.481 e. The van der Waals surface area contributed by atoms with Gasteiger partial charge in [-0.25, -0.2) is 0 Å². The van der Waals surface area contributed by atoms with Gasteiger partial charge < -0.3 is 15.9 Å². The number of nitrogens with two attached hydrogens (primary N) is 1. The molecule has 1 fully saturated rings. The second kappa shape index (κ2) is 2.70. The molecular weight excluding hydrogens is 174 g/mol. The third-order valence-corrected chi connectivity index (χ3v) is 2.77. The summed E-state index contributed by atoms with van der Waals surface area (Å²) >= 11 is 0. The van der Waals surface area contributed by atoms with E-state index in [-0.39, 0.29) is 12.8 Å². The van der Waals surface area contributed by atoms with Crippen molar-refractivity contribution in [3.05, 3.63) is 0 Å². The van der Waals surface area contributed by atoms with Gasteiger partial charge in [0.2, 0.25) is 0 Å². The van der Waals surface area contributed by atoms with Gasteiger partial charge in [0.05, 0.1) is 5.41 Å². The maximum absolute atomic E-state index is 10.8. The van der Waals surface area contributed by atoms with Crippen LogP contribution in [0.3, 0.4) is 0 Å². The fourth-order valence-electron chi connectivity index (χ4n) is 1.74. The fraction of sp³-hybridized carbons (Fsp3) is 0.750. The third kappa shape index (κ3) is 1.51. The fourth-order valence-corrected chi connectivity index (χ4v) is 1.74. The molecule has 1 saturated carbocycles. The molecular formula is C8H13NO4. The molecule has 2 atom stereocenters. The minimum absolute atomic E-state index is 0.00463. The SMILES string of the molecule is CC1(C(=O)O)CCC(N)(C(=O)O)C1. The van der Waals surface area contributed by atoms with Crippen molar-refractivity contribution in [3.8, 4) is 0 Å². The second-order valence-electron chi connectivity index (χ2n) is 4.00. The molecule has 4 N–H and O–H groups in total. The maximum Gasteiger partial charge on any atom is 0.323 e. The number of aliphatic carboxylic acids is 2. The molecule has 0 spiro atoms. The second-order valence-corrected chi connectivity index (χ2v) is 4.00. The van der Waals surface area contributed by atoms with Crippen molar-refractivity contribution in [3.63, 3.8) is 0 Å². The number of carboxylic acid groups (broad SMARTS) is 2. The molecule has 0 heterocycles. The summed E-state index contributed by atoms with van der Waals surface area (Å²) in [6, 6.07) is 0. The molecule has 0 radical (unpaired) electrons. The minimum Gasteiger partial charge on any atom is -0.481 e. The van der Waals surface area contributed by atoms with Gasteiger partial charge in [0.25, 0.3) is 0 Å². The molecule has 0 saturated heterocycles. The van der Waals surface area contributed by atoms with E-state index in [9.17, 15) is 9.59 Å². The Kier molecular flexibility index (Phi) is 2.07. The van der Waals surface area contributed by atoms with E-state index < -0.39 is 22.9 Å². The molecule has 0 aliphatic heterocycles. The van der Waals surface area contributed by atoms with Gasteiger partial charge in [-0.05, 0) is 26.2 Å². The van der Waals surface area contributed by atoms with Gasteiger partial charge >= 0.3 is 11.9 Å². The Morgan fingerprint density at radius 3 is 2.00 bits per heavy atom. The molecule has 0 aromatic heterocycles. The average Bonchev–Trinajstić information content (AvgIpc) is 2.30. The molecule has 0 aromatic rings. The Morgan fingerprint density at radius 2 is 1.77 bits per heavy atom. The number of hydrogen-bond acceptors (Lipinski definition) is 3. The van der Waals surface area contributed by atoms with Crippen LogP contribution in [0, 0.1) is 5.41 Å². The van der Waals surface area contributed by atoms with Crippen molar-refractivity contribution in [1.82, 2.24) is 0 Å². The van der Waals surface area contributed by atoms with E-state index in [2.05, 4.69) is 0 Å². The predicted octanol–water partition coefficient (Wildman–Crippen LogP) is 0.0433. The van der Waals surface area contributed by atoms with Crippen LogP contribution in [-0.2, 0) is 9.59 Å². The molecule has 0 bridgehead atoms. The first-order chi connectivity index (χ1) is 5.80. The molecule has 13 heavy (non-hydrogen) atoms. The highest BCUT2D eigenvalue weighted by atomic mass is 16.4. The average molecular weight is 187 g/mol. The Balaban J connectivity index is 2.85. The molecule has 2 unspecified atom stereocenters. The monoisotopic (exact) mass is 187 g/mol. The van der Waals surface area contributed by atoms with E-state index in [1.165, 1.54) is 6.92 Å². The van der Waals surface area contributed by atoms with Crippen LogP contribution in [0.5, 0.6) is 0 Å². The molecule has 0 aromatic carbocycles. The first-order valence-corrected chi connectivity index (χ1v) is 4.06. The Hall–Kier alpha value is -1.10. The molecule has 5 nitrogen and oxygen atoms in total. The summed E-state index contributed by atoms with van der Waals surface area (Å²) in [7, 11) is 0. The van der Waals surface area contributed by atoms with Crippen LogP contribution < -0.4 is 5.73 Å². The molecule has 0 amide bonds. The number of rotatable bonds is 2. The van der Waals surface area contributed by atoms with Crippen molar-refractivity contribution in [2.24, 2.45) is 11.1 Å². The van der Waals surface area contributed by atoms with Crippen LogP contribution in [-0.4, -0.2) is 27.7 Å². The van der Waals surface area contributed by atoms with Crippen LogP contribution in [0.15, 0.2) is 0 Å². The summed E-state index contributed by atoms with van der Waals surface area (Å²) in [6.07, 6.45) is 0.556. The highest BCUT2D eigenvalue weighted by Gasteiger charge is 2.51. The van der Waals surface area contributed by atoms with Crippen molar-refractivity contribution in [2.45, 2.75) is 31.7 Å². The van der Waals surface area contributed by atoms with Gasteiger partial charge in [-0.15, -0.1) is 0 Å². The zero-order valence-corrected chi connectivity index (χ0v) is 7.41. The van der Waals surface area contributed by atoms with Crippen molar-refractivity contribution >= 4 is 11.9 Å². The van der Waals surface area contributed by atoms with E-state index in [4.69, 9.17) is 15.9 Å². The third-order valence-electron chi connectivity index (χ3n) is 2.77. The molecule has 74 valence electrons. The summed E-state index contributed by atoms with van der Waals surface area (Å²) in [5.74, 6) is -2.08. The van der Waals surface area contributed by atoms with E-state index in [0.717, 1.165) is 0 Å². The quantitative estimate of drug-likeness (QED) is 0.566. The van der Waals surface area contributed by atoms with E-state index in [0.29, 0.717) is 6.42 Å². The number of carboxylic acids is 2. The highest BCUT2D eigenvalue weighted by Crippen LogP contribution is 2.42. The van der Waals surface area contributed by atoms with Crippen molar-refractivity contribution in [2.75, 3.05) is 0 Å². The topological polar surface area (TPSA) is 101 Å². The first-order valence-electron chi connectivity index (χ1n) is 4.06. The van der Waals surface area contributed by atoms with Gasteiger partial charge in [-0.2, -0.15) is 0 Å². The smallest absolute Gasteiger partial charge is 0.323 e. The summed E-state index contributed by atoms with van der Waals surface area (Å²) in [5.41, 5.74) is 3.22. The van der Waals surface area contributed by atoms with Crippen LogP contribution in [0.1, 0.15) is 26.2 Å². The molecule has 1 rings (SSSR count). The summed E-state index contributed by atoms with van der Waals surface area (Å²) in [6.45, 7) is 1.53. The normalized spacial score (nSPS) is 38.9. The Bertz CT molecular complexity index is 239. The van der Waals surface area contributed by atoms with Gasteiger partial charge in [-0.3, -0.25) is 9.59 Å². The van der Waals surface area contributed by atoms with Crippen molar-refractivity contribution in [1.29, 1.82) is 0 Å². The van der Waals surface area contributed by atoms with E-state index in [1.807, 2.05) is 0 Å². The van der Waals surface area contributed by atoms with Crippen LogP contribution in [0.25, 0.3) is 0 Å². The predicted molar refractivity (Wildman–Crippen MR) is 44.1 cm³/mol. The Morgan fingerprint density at radius 1 is 1.23 bits per heavy atom. The lowest BCUT2D eigenvalue weighted by Gasteiger charge is -2.21. The van der Waals surface area contributed by atoms with E-state index in [1.54, 1.807) is 0 Å². The summed E-state index contributed by atoms with van der Waals surface area (Å²) < 4.78 is 0. The number of hydrogen-bond donors (Lipinski definition) is 3. The lowest BCUT2D eigenvalue weighted by atomic mass is 9.86. The standard InChI is InChI=1S/C8H13NO4/c1-7(5(10)11)2-3-8(9,4-7)6(12)13/h2-4,9H2,1H3,(H,10,11)(H,12,13). The van der Waals surface area contributed by atoms with Gasteiger partial charge in [-0.1, -0.05) is 0 Å². The molecule has 1 aliphatic rings. The summed E-state index contributed by atoms with van der Waals surface area (Å²) in [5, 5.41) is 17.6. The maximum atomic E-state index is 10.8. The molecule has 1 aliphatic carbocycles. The molecule has 5 heteroatoms. The lowest BCUT2D eigenvalue weighted by Crippen LogP contribution is -2.46. The zero-order chi connectivity index (χ0) is 10.3. The lowest BCUT2D eigenvalue weighted by molar-refractivity contribution is -0.148. The Labute approximate surface area is 75.5 Å². The van der Waals surface area contributed by atoms with Crippen molar-refractivity contribution < 1.29 is 19.8 Å². The highest BCUT2D eigenvalue weighted by molar-refractivity contribution is 5.83. The number of carbonyl (C=O) groups is 2. The van der Waals surface area contributed by atoms with Gasteiger partial charge in [0.15, 0.2) is 0 Å². The van der Waals surface area contributed by atoms with Crippen LogP contribution in [0.2, 0.25) is 0 Å². The van der Waals surface area contributed by atoms with Crippen LogP contribution in [0.4, 0.5) is 0 Å². The van der Waals surface area contributed by atoms with Gasteiger partial charge in [0, 0.05) is 0 Å². The summed E-state index contributed by atoms with van der Waals surface area (Å²) in [4.78, 5) is 21.5. The van der Waals surface area contributed by atoms with Crippen LogP contribution >= 0.6 is 0 Å². The first kappa shape index (κ1) is 9.98. The zero-order valence-electron chi connectivity index (χ0n) is 7.41. The van der Waals surface area contributed by atoms with E-state index >= 15 is 0 Å².